The van der Waals surface area contributed by atoms with Crippen LogP contribution in [0, 0.1) is 6.92 Å². The molecule has 2 aromatic rings. The summed E-state index contributed by atoms with van der Waals surface area (Å²) in [5, 5.41) is 2.75. The fourth-order valence-electron chi connectivity index (χ4n) is 2.17. The van der Waals surface area contributed by atoms with Gasteiger partial charge in [0.2, 0.25) is 5.91 Å². The van der Waals surface area contributed by atoms with E-state index >= 15 is 0 Å². The maximum absolute atomic E-state index is 12.4. The van der Waals surface area contributed by atoms with Gasteiger partial charge in [-0.05, 0) is 32.0 Å². The number of likely N-dealkylation sites (N-methyl/N-ethyl adjacent to an activating group) is 1. The van der Waals surface area contributed by atoms with E-state index in [-0.39, 0.29) is 24.1 Å². The van der Waals surface area contributed by atoms with Crippen LogP contribution in [0.25, 0.3) is 0 Å². The van der Waals surface area contributed by atoms with Crippen LogP contribution in [0.1, 0.15) is 23.0 Å². The summed E-state index contributed by atoms with van der Waals surface area (Å²) in [5.74, 6) is 0.230. The van der Waals surface area contributed by atoms with Crippen LogP contribution in [-0.2, 0) is 4.79 Å². The summed E-state index contributed by atoms with van der Waals surface area (Å²) in [6, 6.07) is 8.83. The summed E-state index contributed by atoms with van der Waals surface area (Å²) in [7, 11) is 1.53. The molecule has 6 heteroatoms. The third-order valence-electron chi connectivity index (χ3n) is 3.44. The fourth-order valence-corrected chi connectivity index (χ4v) is 2.17. The molecule has 0 fully saturated rings. The predicted molar refractivity (Wildman–Crippen MR) is 86.6 cm³/mol. The number of anilines is 1. The Morgan fingerprint density at radius 3 is 2.61 bits per heavy atom. The molecule has 23 heavy (non-hydrogen) atoms. The van der Waals surface area contributed by atoms with E-state index in [9.17, 15) is 9.59 Å². The number of rotatable bonds is 6. The number of nitrogens with zero attached hydrogens (tertiary/aromatic N) is 1. The number of carbonyl (C=O) groups is 2. The molecule has 0 bridgehead atoms. The molecule has 0 radical (unpaired) electrons. The number of aryl methyl sites for hydroxylation is 1. The van der Waals surface area contributed by atoms with Crippen molar-refractivity contribution in [1.29, 1.82) is 0 Å². The zero-order chi connectivity index (χ0) is 16.8. The van der Waals surface area contributed by atoms with Crippen LogP contribution < -0.4 is 10.1 Å². The van der Waals surface area contributed by atoms with Gasteiger partial charge in [0.25, 0.3) is 5.91 Å². The van der Waals surface area contributed by atoms with Crippen molar-refractivity contribution in [2.45, 2.75) is 13.8 Å². The second-order valence-corrected chi connectivity index (χ2v) is 5.00. The Morgan fingerprint density at radius 2 is 2.00 bits per heavy atom. The number of para-hydroxylation sites is 2. The van der Waals surface area contributed by atoms with Gasteiger partial charge in [0.05, 0.1) is 19.1 Å². The molecule has 0 aliphatic rings. The van der Waals surface area contributed by atoms with Gasteiger partial charge in [-0.2, -0.15) is 0 Å². The van der Waals surface area contributed by atoms with Crippen LogP contribution >= 0.6 is 0 Å². The van der Waals surface area contributed by atoms with Crippen LogP contribution in [0.3, 0.4) is 0 Å². The quantitative estimate of drug-likeness (QED) is 0.889. The van der Waals surface area contributed by atoms with E-state index in [0.29, 0.717) is 18.0 Å². The highest BCUT2D eigenvalue weighted by Crippen LogP contribution is 2.23. The molecule has 1 aromatic carbocycles. The van der Waals surface area contributed by atoms with E-state index in [4.69, 9.17) is 9.15 Å². The summed E-state index contributed by atoms with van der Waals surface area (Å²) in [6.07, 6.45) is 1.46. The van der Waals surface area contributed by atoms with Crippen molar-refractivity contribution in [3.63, 3.8) is 0 Å². The zero-order valence-corrected chi connectivity index (χ0v) is 13.5. The Labute approximate surface area is 135 Å². The average molecular weight is 316 g/mol. The molecule has 0 spiro atoms. The predicted octanol–water partition coefficient (Wildman–Crippen LogP) is 2.70. The second kappa shape index (κ2) is 7.49. The summed E-state index contributed by atoms with van der Waals surface area (Å²) >= 11 is 0. The number of ether oxygens (including phenoxy) is 1. The van der Waals surface area contributed by atoms with E-state index in [2.05, 4.69) is 5.32 Å². The number of amides is 2. The Hall–Kier alpha value is -2.76. The first kappa shape index (κ1) is 16.6. The Kier molecular flexibility index (Phi) is 5.41. The zero-order valence-electron chi connectivity index (χ0n) is 13.5. The number of methoxy groups -OCH3 is 1. The molecule has 0 saturated heterocycles. The Bertz CT molecular complexity index is 693. The normalized spacial score (nSPS) is 10.2. The molecule has 2 amide bonds. The first-order chi connectivity index (χ1) is 11.1. The molecule has 0 aliphatic carbocycles. The first-order valence-electron chi connectivity index (χ1n) is 7.33. The average Bonchev–Trinajstić information content (AvgIpc) is 2.98. The number of nitrogens with one attached hydrogen (secondary N) is 1. The molecule has 2 rings (SSSR count). The maximum Gasteiger partial charge on any atom is 0.290 e. The van der Waals surface area contributed by atoms with Crippen molar-refractivity contribution in [2.75, 3.05) is 25.5 Å². The van der Waals surface area contributed by atoms with Crippen molar-refractivity contribution in [3.8, 4) is 5.75 Å². The minimum Gasteiger partial charge on any atom is -0.495 e. The van der Waals surface area contributed by atoms with Gasteiger partial charge in [-0.25, -0.2) is 0 Å². The molecular formula is C17H20N2O4. The van der Waals surface area contributed by atoms with Crippen LogP contribution in [0.15, 0.2) is 41.0 Å². The van der Waals surface area contributed by atoms with Gasteiger partial charge in [0.15, 0.2) is 5.76 Å². The smallest absolute Gasteiger partial charge is 0.290 e. The maximum atomic E-state index is 12.4. The molecule has 122 valence electrons. The van der Waals surface area contributed by atoms with Crippen molar-refractivity contribution in [3.05, 3.63) is 47.9 Å². The minimum atomic E-state index is -0.301. The number of furan rings is 1. The lowest BCUT2D eigenvalue weighted by Crippen LogP contribution is -2.38. The Morgan fingerprint density at radius 1 is 1.26 bits per heavy atom. The lowest BCUT2D eigenvalue weighted by molar-refractivity contribution is -0.116. The van der Waals surface area contributed by atoms with Gasteiger partial charge >= 0.3 is 0 Å². The Balaban J connectivity index is 2.05. The van der Waals surface area contributed by atoms with E-state index in [0.717, 1.165) is 5.56 Å². The third-order valence-corrected chi connectivity index (χ3v) is 3.44. The lowest BCUT2D eigenvalue weighted by Gasteiger charge is -2.20. The molecule has 6 nitrogen and oxygen atoms in total. The molecule has 0 aliphatic heterocycles. The van der Waals surface area contributed by atoms with E-state index < -0.39 is 0 Å². The van der Waals surface area contributed by atoms with Gasteiger partial charge in [0, 0.05) is 12.1 Å². The van der Waals surface area contributed by atoms with Gasteiger partial charge in [-0.3, -0.25) is 9.59 Å². The standard InChI is InChI=1S/C17H20N2O4/c1-4-19(17(21)16-12(2)9-10-23-16)11-15(20)18-13-7-5-6-8-14(13)22-3/h5-10H,4,11H2,1-3H3,(H,18,20). The molecule has 0 saturated carbocycles. The monoisotopic (exact) mass is 316 g/mol. The summed E-state index contributed by atoms with van der Waals surface area (Å²) in [5.41, 5.74) is 1.32. The van der Waals surface area contributed by atoms with E-state index in [1.54, 1.807) is 31.2 Å². The number of hydrogen-bond acceptors (Lipinski definition) is 4. The van der Waals surface area contributed by atoms with Crippen molar-refractivity contribution >= 4 is 17.5 Å². The van der Waals surface area contributed by atoms with Gasteiger partial charge < -0.3 is 19.4 Å². The summed E-state index contributed by atoms with van der Waals surface area (Å²) in [6.45, 7) is 3.94. The van der Waals surface area contributed by atoms with Crippen molar-refractivity contribution in [2.24, 2.45) is 0 Å². The van der Waals surface area contributed by atoms with Crippen LogP contribution in [0.4, 0.5) is 5.69 Å². The lowest BCUT2D eigenvalue weighted by atomic mass is 10.2. The third kappa shape index (κ3) is 3.91. The highest BCUT2D eigenvalue weighted by molar-refractivity contribution is 5.99. The highest BCUT2D eigenvalue weighted by Gasteiger charge is 2.21. The van der Waals surface area contributed by atoms with Gasteiger partial charge in [-0.15, -0.1) is 0 Å². The first-order valence-corrected chi connectivity index (χ1v) is 7.33. The summed E-state index contributed by atoms with van der Waals surface area (Å²) in [4.78, 5) is 26.0. The summed E-state index contributed by atoms with van der Waals surface area (Å²) < 4.78 is 10.4. The topological polar surface area (TPSA) is 71.8 Å². The van der Waals surface area contributed by atoms with Crippen molar-refractivity contribution in [1.82, 2.24) is 4.90 Å². The largest absolute Gasteiger partial charge is 0.495 e. The van der Waals surface area contributed by atoms with Crippen LogP contribution in [0.5, 0.6) is 5.75 Å². The van der Waals surface area contributed by atoms with Crippen LogP contribution in [0.2, 0.25) is 0 Å². The minimum absolute atomic E-state index is 0.0620. The highest BCUT2D eigenvalue weighted by atomic mass is 16.5. The molecular weight excluding hydrogens is 296 g/mol. The molecule has 1 heterocycles. The van der Waals surface area contributed by atoms with Crippen molar-refractivity contribution < 1.29 is 18.7 Å². The molecule has 1 aromatic heterocycles. The number of carbonyl (C=O) groups excluding carboxylic acids is 2. The number of benzene rings is 1. The van der Waals surface area contributed by atoms with Gasteiger partial charge in [-0.1, -0.05) is 12.1 Å². The van der Waals surface area contributed by atoms with Crippen LogP contribution in [-0.4, -0.2) is 36.9 Å². The fraction of sp³-hybridized carbons (Fsp3) is 0.294. The molecule has 0 atom stereocenters. The molecule has 1 N–H and O–H groups in total. The van der Waals surface area contributed by atoms with Gasteiger partial charge in [0.1, 0.15) is 12.3 Å². The second-order valence-electron chi connectivity index (χ2n) is 5.00. The van der Waals surface area contributed by atoms with E-state index in [1.165, 1.54) is 18.3 Å². The SMILES string of the molecule is CCN(CC(=O)Nc1ccccc1OC)C(=O)c1occc1C. The van der Waals surface area contributed by atoms with E-state index in [1.807, 2.05) is 13.0 Å². The number of hydrogen-bond donors (Lipinski definition) is 1. The molecule has 0 unspecified atom stereocenters.